The summed E-state index contributed by atoms with van der Waals surface area (Å²) in [6, 6.07) is 2.45. The second kappa shape index (κ2) is 4.89. The van der Waals surface area contributed by atoms with Crippen molar-refractivity contribution in [2.45, 2.75) is 45.7 Å². The average molecular weight is 272 g/mol. The highest BCUT2D eigenvalue weighted by Crippen LogP contribution is 2.31. The lowest BCUT2D eigenvalue weighted by atomic mass is 10.0. The Morgan fingerprint density at radius 3 is 2.75 bits per heavy atom. The third kappa shape index (κ3) is 2.28. The van der Waals surface area contributed by atoms with E-state index in [4.69, 9.17) is 0 Å². The van der Waals surface area contributed by atoms with Gasteiger partial charge in [-0.25, -0.2) is 9.97 Å². The lowest BCUT2D eigenvalue weighted by Gasteiger charge is -2.31. The van der Waals surface area contributed by atoms with Crippen LogP contribution in [0, 0.1) is 5.92 Å². The van der Waals surface area contributed by atoms with Crippen LogP contribution in [0.1, 0.15) is 44.1 Å². The molecule has 2 heterocycles. The Morgan fingerprint density at radius 1 is 1.40 bits per heavy atom. The Morgan fingerprint density at radius 2 is 2.15 bits per heavy atom. The zero-order chi connectivity index (χ0) is 14.3. The molecule has 0 aliphatic heterocycles. The van der Waals surface area contributed by atoms with Crippen LogP contribution < -0.4 is 0 Å². The third-order valence-corrected chi connectivity index (χ3v) is 4.03. The van der Waals surface area contributed by atoms with Gasteiger partial charge in [0.1, 0.15) is 5.69 Å². The van der Waals surface area contributed by atoms with Crippen LogP contribution in [0.3, 0.4) is 0 Å². The maximum Gasteiger partial charge on any atom is 0.274 e. The van der Waals surface area contributed by atoms with Crippen molar-refractivity contribution in [2.75, 3.05) is 0 Å². The van der Waals surface area contributed by atoms with Crippen LogP contribution in [0.4, 0.5) is 0 Å². The molecule has 106 valence electrons. The number of hydrogen-bond acceptors (Lipinski definition) is 3. The van der Waals surface area contributed by atoms with Gasteiger partial charge >= 0.3 is 0 Å². The summed E-state index contributed by atoms with van der Waals surface area (Å²) in [6.45, 7) is 6.42. The molecule has 0 bridgehead atoms. The lowest BCUT2D eigenvalue weighted by molar-refractivity contribution is 0.0622. The number of carbonyl (C=O) groups is 1. The second-order valence-electron chi connectivity index (χ2n) is 5.88. The smallest absolute Gasteiger partial charge is 0.274 e. The Hall–Kier alpha value is -1.91. The molecule has 2 aromatic heterocycles. The van der Waals surface area contributed by atoms with Crippen molar-refractivity contribution < 1.29 is 4.79 Å². The highest BCUT2D eigenvalue weighted by atomic mass is 16.2. The van der Waals surface area contributed by atoms with E-state index in [1.807, 2.05) is 17.2 Å². The van der Waals surface area contributed by atoms with Crippen molar-refractivity contribution in [3.8, 4) is 0 Å². The van der Waals surface area contributed by atoms with Crippen LogP contribution in [0.2, 0.25) is 0 Å². The van der Waals surface area contributed by atoms with Gasteiger partial charge in [-0.1, -0.05) is 13.8 Å². The SMILES string of the molecule is CC(C)C(C)N(C(=O)c1cn2cccnc2n1)C1CC1. The molecular weight excluding hydrogens is 252 g/mol. The average Bonchev–Trinajstić information content (AvgIpc) is 3.16. The summed E-state index contributed by atoms with van der Waals surface area (Å²) >= 11 is 0. The van der Waals surface area contributed by atoms with E-state index in [0.717, 1.165) is 12.8 Å². The molecule has 5 nitrogen and oxygen atoms in total. The zero-order valence-electron chi connectivity index (χ0n) is 12.2. The van der Waals surface area contributed by atoms with E-state index in [0.29, 0.717) is 23.4 Å². The topological polar surface area (TPSA) is 50.5 Å². The maximum absolute atomic E-state index is 12.8. The summed E-state index contributed by atoms with van der Waals surface area (Å²) in [4.78, 5) is 23.3. The molecule has 2 aromatic rings. The molecule has 1 unspecified atom stereocenters. The summed E-state index contributed by atoms with van der Waals surface area (Å²) in [5.74, 6) is 1.04. The summed E-state index contributed by atoms with van der Waals surface area (Å²) in [5, 5.41) is 0. The van der Waals surface area contributed by atoms with Crippen LogP contribution in [0.25, 0.3) is 5.78 Å². The van der Waals surface area contributed by atoms with Gasteiger partial charge in [-0.05, 0) is 31.7 Å². The normalized spacial score (nSPS) is 16.6. The highest BCUT2D eigenvalue weighted by Gasteiger charge is 2.37. The van der Waals surface area contributed by atoms with Gasteiger partial charge in [0, 0.05) is 30.7 Å². The van der Waals surface area contributed by atoms with Gasteiger partial charge in [0.15, 0.2) is 0 Å². The molecule has 1 atom stereocenters. The fourth-order valence-corrected chi connectivity index (χ4v) is 2.42. The molecule has 1 saturated carbocycles. The van der Waals surface area contributed by atoms with E-state index in [1.165, 1.54) is 0 Å². The summed E-state index contributed by atoms with van der Waals surface area (Å²) in [6.07, 6.45) is 7.53. The Balaban J connectivity index is 1.92. The molecule has 0 radical (unpaired) electrons. The van der Waals surface area contributed by atoms with E-state index in [9.17, 15) is 4.79 Å². The third-order valence-electron chi connectivity index (χ3n) is 4.03. The first-order valence-corrected chi connectivity index (χ1v) is 7.20. The monoisotopic (exact) mass is 272 g/mol. The fourth-order valence-electron chi connectivity index (χ4n) is 2.42. The first-order valence-electron chi connectivity index (χ1n) is 7.20. The molecule has 1 aliphatic rings. The molecule has 0 spiro atoms. The molecular formula is C15H20N4O. The molecule has 3 rings (SSSR count). The van der Waals surface area contributed by atoms with Crippen molar-refractivity contribution in [1.82, 2.24) is 19.3 Å². The van der Waals surface area contributed by atoms with Crippen molar-refractivity contribution in [3.63, 3.8) is 0 Å². The minimum atomic E-state index is 0.0270. The molecule has 1 aliphatic carbocycles. The van der Waals surface area contributed by atoms with E-state index in [-0.39, 0.29) is 11.9 Å². The largest absolute Gasteiger partial charge is 0.331 e. The molecule has 0 aromatic carbocycles. The summed E-state index contributed by atoms with van der Waals surface area (Å²) < 4.78 is 1.79. The van der Waals surface area contributed by atoms with Gasteiger partial charge in [-0.2, -0.15) is 0 Å². The molecule has 1 fully saturated rings. The summed E-state index contributed by atoms with van der Waals surface area (Å²) in [7, 11) is 0. The van der Waals surface area contributed by atoms with Gasteiger partial charge in [0.2, 0.25) is 5.78 Å². The van der Waals surface area contributed by atoms with Crippen LogP contribution in [-0.2, 0) is 0 Å². The quantitative estimate of drug-likeness (QED) is 0.858. The first kappa shape index (κ1) is 13.1. The number of hydrogen-bond donors (Lipinski definition) is 0. The number of amides is 1. The number of imidazole rings is 1. The van der Waals surface area contributed by atoms with E-state index >= 15 is 0 Å². The number of nitrogens with zero attached hydrogens (tertiary/aromatic N) is 4. The first-order chi connectivity index (χ1) is 9.58. The molecule has 0 saturated heterocycles. The molecule has 5 heteroatoms. The standard InChI is InChI=1S/C15H20N4O/c1-10(2)11(3)19(12-5-6-12)14(20)13-9-18-8-4-7-16-15(18)17-13/h4,7-12H,5-6H2,1-3H3. The van der Waals surface area contributed by atoms with Crippen molar-refractivity contribution >= 4 is 11.7 Å². The summed E-state index contributed by atoms with van der Waals surface area (Å²) in [5.41, 5.74) is 0.489. The van der Waals surface area contributed by atoms with Crippen LogP contribution in [0.5, 0.6) is 0 Å². The number of rotatable bonds is 4. The molecule has 0 N–H and O–H groups in total. The number of carbonyl (C=O) groups excluding carboxylic acids is 1. The number of fused-ring (bicyclic) bond motifs is 1. The molecule has 1 amide bonds. The minimum Gasteiger partial charge on any atom is -0.331 e. The van der Waals surface area contributed by atoms with Crippen molar-refractivity contribution in [3.05, 3.63) is 30.4 Å². The maximum atomic E-state index is 12.8. The van der Waals surface area contributed by atoms with E-state index in [1.54, 1.807) is 16.8 Å². The second-order valence-corrected chi connectivity index (χ2v) is 5.88. The van der Waals surface area contributed by atoms with Crippen LogP contribution in [-0.4, -0.2) is 37.3 Å². The van der Waals surface area contributed by atoms with Gasteiger partial charge in [0.25, 0.3) is 5.91 Å². The fraction of sp³-hybridized carbons (Fsp3) is 0.533. The lowest BCUT2D eigenvalue weighted by Crippen LogP contribution is -2.43. The van der Waals surface area contributed by atoms with Crippen LogP contribution in [0.15, 0.2) is 24.7 Å². The van der Waals surface area contributed by atoms with Crippen molar-refractivity contribution in [2.24, 2.45) is 5.92 Å². The Labute approximate surface area is 118 Å². The van der Waals surface area contributed by atoms with Gasteiger partial charge < -0.3 is 4.90 Å². The van der Waals surface area contributed by atoms with Gasteiger partial charge in [-0.3, -0.25) is 9.20 Å². The predicted octanol–water partition coefficient (Wildman–Crippen LogP) is 2.38. The van der Waals surface area contributed by atoms with Gasteiger partial charge in [0.05, 0.1) is 0 Å². The zero-order valence-corrected chi connectivity index (χ0v) is 12.2. The van der Waals surface area contributed by atoms with E-state index < -0.39 is 0 Å². The van der Waals surface area contributed by atoms with Gasteiger partial charge in [-0.15, -0.1) is 0 Å². The van der Waals surface area contributed by atoms with E-state index in [2.05, 4.69) is 30.7 Å². The Bertz CT molecular complexity index is 597. The van der Waals surface area contributed by atoms with Crippen molar-refractivity contribution in [1.29, 1.82) is 0 Å². The number of aromatic nitrogens is 3. The highest BCUT2D eigenvalue weighted by molar-refractivity contribution is 5.93. The predicted molar refractivity (Wildman–Crippen MR) is 76.5 cm³/mol. The Kier molecular flexibility index (Phi) is 3.20. The van der Waals surface area contributed by atoms with Crippen LogP contribution >= 0.6 is 0 Å². The molecule has 20 heavy (non-hydrogen) atoms. The minimum absolute atomic E-state index is 0.0270.